The van der Waals surface area contributed by atoms with Crippen LogP contribution >= 0.6 is 15.9 Å². The second kappa shape index (κ2) is 7.12. The first kappa shape index (κ1) is 13.8. The van der Waals surface area contributed by atoms with E-state index in [1.165, 1.54) is 19.3 Å². The number of benzene rings is 1. The van der Waals surface area contributed by atoms with E-state index in [1.807, 2.05) is 18.2 Å². The number of nitrogens with one attached hydrogen (secondary N) is 1. The lowest BCUT2D eigenvalue weighted by molar-refractivity contribution is 0.0897. The number of hydrogen-bond donors (Lipinski definition) is 1. The van der Waals surface area contributed by atoms with Gasteiger partial charge in [-0.25, -0.2) is 0 Å². The normalized spacial score (nSPS) is 19.8. The molecule has 0 saturated carbocycles. The molecule has 0 bridgehead atoms. The largest absolute Gasteiger partial charge is 0.496 e. The van der Waals surface area contributed by atoms with Crippen LogP contribution in [0.2, 0.25) is 0 Å². The van der Waals surface area contributed by atoms with E-state index in [-0.39, 0.29) is 0 Å². The number of piperidine rings is 1. The Kier molecular flexibility index (Phi) is 5.47. The molecule has 4 heteroatoms. The Morgan fingerprint density at radius 2 is 2.28 bits per heavy atom. The Hall–Kier alpha value is -0.580. The molecule has 1 saturated heterocycles. The molecule has 0 aliphatic carbocycles. The molecule has 1 N–H and O–H groups in total. The lowest BCUT2D eigenvalue weighted by Gasteiger charge is -2.23. The number of halogens is 1. The molecule has 1 aromatic rings. The van der Waals surface area contributed by atoms with E-state index in [0.29, 0.717) is 12.6 Å². The molecule has 100 valence electrons. The zero-order valence-electron chi connectivity index (χ0n) is 10.7. The monoisotopic (exact) mass is 313 g/mol. The van der Waals surface area contributed by atoms with Crippen molar-refractivity contribution in [3.63, 3.8) is 0 Å². The molecule has 0 spiro atoms. The van der Waals surface area contributed by atoms with Gasteiger partial charge in [0, 0.05) is 16.1 Å². The molecule has 1 aromatic carbocycles. The summed E-state index contributed by atoms with van der Waals surface area (Å²) >= 11 is 3.47. The van der Waals surface area contributed by atoms with Crippen molar-refractivity contribution in [2.24, 2.45) is 0 Å². The van der Waals surface area contributed by atoms with E-state index < -0.39 is 0 Å². The molecule has 3 nitrogen and oxygen atoms in total. The number of methoxy groups -OCH3 is 1. The Labute approximate surface area is 117 Å². The third-order valence-corrected chi connectivity index (χ3v) is 3.72. The van der Waals surface area contributed by atoms with Gasteiger partial charge in [0.15, 0.2) is 0 Å². The predicted molar refractivity (Wildman–Crippen MR) is 76.0 cm³/mol. The molecule has 0 radical (unpaired) electrons. The second-order valence-electron chi connectivity index (χ2n) is 4.62. The van der Waals surface area contributed by atoms with Crippen molar-refractivity contribution in [1.82, 2.24) is 5.32 Å². The van der Waals surface area contributed by atoms with E-state index in [2.05, 4.69) is 21.2 Å². The summed E-state index contributed by atoms with van der Waals surface area (Å²) in [5.74, 6) is 0.884. The van der Waals surface area contributed by atoms with Crippen molar-refractivity contribution in [3.8, 4) is 5.75 Å². The van der Waals surface area contributed by atoms with Crippen LogP contribution in [0, 0.1) is 0 Å². The van der Waals surface area contributed by atoms with Crippen molar-refractivity contribution in [3.05, 3.63) is 28.2 Å². The average molecular weight is 314 g/mol. The molecule has 2 rings (SSSR count). The molecule has 1 fully saturated rings. The van der Waals surface area contributed by atoms with Gasteiger partial charge in [0.05, 0.1) is 20.3 Å². The highest BCUT2D eigenvalue weighted by Gasteiger charge is 2.12. The maximum absolute atomic E-state index is 5.79. The van der Waals surface area contributed by atoms with Crippen LogP contribution in [0.15, 0.2) is 22.7 Å². The minimum absolute atomic E-state index is 0.511. The summed E-state index contributed by atoms with van der Waals surface area (Å²) in [6.07, 6.45) is 3.81. The van der Waals surface area contributed by atoms with Gasteiger partial charge >= 0.3 is 0 Å². The molecule has 1 unspecified atom stereocenters. The number of hydrogen-bond acceptors (Lipinski definition) is 3. The van der Waals surface area contributed by atoms with Gasteiger partial charge in [-0.3, -0.25) is 0 Å². The fraction of sp³-hybridized carbons (Fsp3) is 0.571. The van der Waals surface area contributed by atoms with Gasteiger partial charge in [0.1, 0.15) is 5.75 Å². The summed E-state index contributed by atoms with van der Waals surface area (Å²) in [5, 5.41) is 3.48. The van der Waals surface area contributed by atoms with Gasteiger partial charge in [0.25, 0.3) is 0 Å². The molecule has 1 heterocycles. The standard InChI is InChI=1S/C14H20BrNO2/c1-17-14-6-5-12(15)8-11(14)9-18-10-13-4-2-3-7-16-13/h5-6,8,13,16H,2-4,7,9-10H2,1H3. The fourth-order valence-corrected chi connectivity index (χ4v) is 2.65. The van der Waals surface area contributed by atoms with Crippen LogP contribution in [0.25, 0.3) is 0 Å². The van der Waals surface area contributed by atoms with Crippen LogP contribution in [-0.2, 0) is 11.3 Å². The van der Waals surface area contributed by atoms with Gasteiger partial charge in [-0.05, 0) is 37.6 Å². The van der Waals surface area contributed by atoms with Crippen molar-refractivity contribution in [2.45, 2.75) is 31.9 Å². The first-order valence-corrected chi connectivity index (χ1v) is 7.22. The lowest BCUT2D eigenvalue weighted by Crippen LogP contribution is -2.37. The Morgan fingerprint density at radius 1 is 1.39 bits per heavy atom. The molecule has 18 heavy (non-hydrogen) atoms. The lowest BCUT2D eigenvalue weighted by atomic mass is 10.1. The topological polar surface area (TPSA) is 30.5 Å². The summed E-state index contributed by atoms with van der Waals surface area (Å²) in [6, 6.07) is 6.50. The van der Waals surface area contributed by atoms with Crippen LogP contribution in [-0.4, -0.2) is 26.3 Å². The molecule has 1 aliphatic rings. The third kappa shape index (κ3) is 3.97. The molecule has 1 aliphatic heterocycles. The quantitative estimate of drug-likeness (QED) is 0.906. The maximum Gasteiger partial charge on any atom is 0.124 e. The predicted octanol–water partition coefficient (Wildman–Crippen LogP) is 3.12. The zero-order chi connectivity index (χ0) is 12.8. The van der Waals surface area contributed by atoms with Crippen LogP contribution in [0.1, 0.15) is 24.8 Å². The van der Waals surface area contributed by atoms with Crippen molar-refractivity contribution >= 4 is 15.9 Å². The molecular weight excluding hydrogens is 294 g/mol. The minimum atomic E-state index is 0.511. The minimum Gasteiger partial charge on any atom is -0.496 e. The van der Waals surface area contributed by atoms with Crippen LogP contribution in [0.3, 0.4) is 0 Å². The van der Waals surface area contributed by atoms with Crippen LogP contribution in [0.4, 0.5) is 0 Å². The van der Waals surface area contributed by atoms with E-state index in [0.717, 1.165) is 28.9 Å². The Bertz CT molecular complexity index is 378. The summed E-state index contributed by atoms with van der Waals surface area (Å²) in [5.41, 5.74) is 1.09. The number of rotatable bonds is 5. The zero-order valence-corrected chi connectivity index (χ0v) is 12.3. The molecule has 0 aromatic heterocycles. The smallest absolute Gasteiger partial charge is 0.124 e. The summed E-state index contributed by atoms with van der Waals surface area (Å²) in [6.45, 7) is 2.49. The van der Waals surface area contributed by atoms with Gasteiger partial charge in [-0.2, -0.15) is 0 Å². The van der Waals surface area contributed by atoms with E-state index >= 15 is 0 Å². The van der Waals surface area contributed by atoms with E-state index in [4.69, 9.17) is 9.47 Å². The van der Waals surface area contributed by atoms with Crippen molar-refractivity contribution in [2.75, 3.05) is 20.3 Å². The first-order chi connectivity index (χ1) is 8.79. The van der Waals surface area contributed by atoms with Crippen LogP contribution in [0.5, 0.6) is 5.75 Å². The fourth-order valence-electron chi connectivity index (χ4n) is 2.24. The van der Waals surface area contributed by atoms with Gasteiger partial charge in [0.2, 0.25) is 0 Å². The summed E-state index contributed by atoms with van der Waals surface area (Å²) < 4.78 is 12.2. The Morgan fingerprint density at radius 3 is 3.00 bits per heavy atom. The van der Waals surface area contributed by atoms with Gasteiger partial charge < -0.3 is 14.8 Å². The maximum atomic E-state index is 5.79. The highest BCUT2D eigenvalue weighted by molar-refractivity contribution is 9.10. The van der Waals surface area contributed by atoms with Crippen LogP contribution < -0.4 is 10.1 Å². The van der Waals surface area contributed by atoms with Crippen molar-refractivity contribution < 1.29 is 9.47 Å². The Balaban J connectivity index is 1.83. The molecule has 0 amide bonds. The molecule has 1 atom stereocenters. The summed E-state index contributed by atoms with van der Waals surface area (Å²) in [4.78, 5) is 0. The summed E-state index contributed by atoms with van der Waals surface area (Å²) in [7, 11) is 1.69. The van der Waals surface area contributed by atoms with Gasteiger partial charge in [-0.1, -0.05) is 22.4 Å². The van der Waals surface area contributed by atoms with E-state index in [9.17, 15) is 0 Å². The highest BCUT2D eigenvalue weighted by atomic mass is 79.9. The third-order valence-electron chi connectivity index (χ3n) is 3.23. The average Bonchev–Trinajstić information content (AvgIpc) is 2.40. The van der Waals surface area contributed by atoms with Crippen molar-refractivity contribution in [1.29, 1.82) is 0 Å². The second-order valence-corrected chi connectivity index (χ2v) is 5.53. The van der Waals surface area contributed by atoms with Gasteiger partial charge in [-0.15, -0.1) is 0 Å². The van der Waals surface area contributed by atoms with E-state index in [1.54, 1.807) is 7.11 Å². The number of ether oxygens (including phenoxy) is 2. The SMILES string of the molecule is COc1ccc(Br)cc1COCC1CCCCN1. The molecular formula is C14H20BrNO2. The highest BCUT2D eigenvalue weighted by Crippen LogP contribution is 2.23. The first-order valence-electron chi connectivity index (χ1n) is 6.43.